The van der Waals surface area contributed by atoms with Crippen molar-refractivity contribution in [3.8, 4) is 0 Å². The summed E-state index contributed by atoms with van der Waals surface area (Å²) >= 11 is 0. The van der Waals surface area contributed by atoms with Crippen LogP contribution < -0.4 is 10.6 Å². The Morgan fingerprint density at radius 1 is 1.32 bits per heavy atom. The minimum Gasteiger partial charge on any atom is -0.368 e. The highest BCUT2D eigenvalue weighted by Gasteiger charge is 2.14. The predicted molar refractivity (Wildman–Crippen MR) is 70.1 cm³/mol. The Labute approximate surface area is 112 Å². The molecule has 1 fully saturated rings. The summed E-state index contributed by atoms with van der Waals surface area (Å²) in [6.45, 7) is 2.38. The Bertz CT molecular complexity index is 402. The van der Waals surface area contributed by atoms with Crippen molar-refractivity contribution < 1.29 is 13.9 Å². The summed E-state index contributed by atoms with van der Waals surface area (Å²) in [7, 11) is 0. The molecule has 0 aliphatic carbocycles. The fraction of sp³-hybridized carbons (Fsp3) is 0.500. The second kappa shape index (κ2) is 7.21. The van der Waals surface area contributed by atoms with Gasteiger partial charge in [0.05, 0.1) is 6.10 Å². The van der Waals surface area contributed by atoms with E-state index in [1.807, 2.05) is 0 Å². The van der Waals surface area contributed by atoms with Gasteiger partial charge in [0.15, 0.2) is 0 Å². The molecule has 5 heteroatoms. The average Bonchev–Trinajstić information content (AvgIpc) is 2.45. The van der Waals surface area contributed by atoms with E-state index in [1.165, 1.54) is 12.1 Å². The van der Waals surface area contributed by atoms with E-state index in [9.17, 15) is 9.18 Å². The van der Waals surface area contributed by atoms with E-state index in [0.29, 0.717) is 6.54 Å². The molecular formula is C14H19FN2O2. The second-order valence-electron chi connectivity index (χ2n) is 4.66. The standard InChI is InChI=1S/C14H19FN2O2/c15-12-3-1-11(2-4-12)9-17-14(18)10-19-13-5-7-16-8-6-13/h1-4,13,16H,5-10H2,(H,17,18). The van der Waals surface area contributed by atoms with Crippen LogP contribution in [0.3, 0.4) is 0 Å². The van der Waals surface area contributed by atoms with Crippen molar-refractivity contribution in [1.29, 1.82) is 0 Å². The van der Waals surface area contributed by atoms with Gasteiger partial charge in [-0.3, -0.25) is 4.79 Å². The lowest BCUT2D eigenvalue weighted by molar-refractivity contribution is -0.128. The quantitative estimate of drug-likeness (QED) is 0.842. The summed E-state index contributed by atoms with van der Waals surface area (Å²) in [5.74, 6) is -0.410. The number of ether oxygens (including phenoxy) is 1. The van der Waals surface area contributed by atoms with Gasteiger partial charge in [0.25, 0.3) is 0 Å². The van der Waals surface area contributed by atoms with Crippen molar-refractivity contribution in [3.05, 3.63) is 35.6 Å². The molecule has 4 nitrogen and oxygen atoms in total. The van der Waals surface area contributed by atoms with Gasteiger partial charge in [-0.1, -0.05) is 12.1 Å². The number of hydrogen-bond donors (Lipinski definition) is 2. The number of rotatable bonds is 5. The smallest absolute Gasteiger partial charge is 0.246 e. The van der Waals surface area contributed by atoms with Gasteiger partial charge in [-0.15, -0.1) is 0 Å². The zero-order chi connectivity index (χ0) is 13.5. The molecule has 1 aromatic rings. The number of amides is 1. The highest BCUT2D eigenvalue weighted by molar-refractivity contribution is 5.77. The summed E-state index contributed by atoms with van der Waals surface area (Å²) < 4.78 is 18.2. The van der Waals surface area contributed by atoms with Gasteiger partial charge >= 0.3 is 0 Å². The van der Waals surface area contributed by atoms with Crippen LogP contribution in [0.4, 0.5) is 4.39 Å². The summed E-state index contributed by atoms with van der Waals surface area (Å²) in [5.41, 5.74) is 0.872. The molecular weight excluding hydrogens is 247 g/mol. The number of halogens is 1. The zero-order valence-corrected chi connectivity index (χ0v) is 10.8. The Hall–Kier alpha value is -1.46. The van der Waals surface area contributed by atoms with Crippen LogP contribution in [-0.4, -0.2) is 31.7 Å². The van der Waals surface area contributed by atoms with E-state index in [4.69, 9.17) is 4.74 Å². The molecule has 0 spiro atoms. The molecule has 0 aromatic heterocycles. The monoisotopic (exact) mass is 266 g/mol. The molecule has 1 amide bonds. The fourth-order valence-corrected chi connectivity index (χ4v) is 2.01. The van der Waals surface area contributed by atoms with Crippen molar-refractivity contribution in [2.75, 3.05) is 19.7 Å². The zero-order valence-electron chi connectivity index (χ0n) is 10.8. The fourth-order valence-electron chi connectivity index (χ4n) is 2.01. The molecule has 104 valence electrons. The van der Waals surface area contributed by atoms with E-state index in [2.05, 4.69) is 10.6 Å². The summed E-state index contributed by atoms with van der Waals surface area (Å²) in [4.78, 5) is 11.6. The Balaban J connectivity index is 1.65. The minimum absolute atomic E-state index is 0.0891. The molecule has 0 radical (unpaired) electrons. The first-order valence-electron chi connectivity index (χ1n) is 6.57. The summed E-state index contributed by atoms with van der Waals surface area (Å²) in [6, 6.07) is 6.08. The lowest BCUT2D eigenvalue weighted by Gasteiger charge is -2.22. The van der Waals surface area contributed by atoms with Crippen molar-refractivity contribution in [1.82, 2.24) is 10.6 Å². The van der Waals surface area contributed by atoms with Crippen molar-refractivity contribution in [2.45, 2.75) is 25.5 Å². The second-order valence-corrected chi connectivity index (χ2v) is 4.66. The molecule has 1 aliphatic heterocycles. The maximum Gasteiger partial charge on any atom is 0.246 e. The highest BCUT2D eigenvalue weighted by Crippen LogP contribution is 2.06. The summed E-state index contributed by atoms with van der Waals surface area (Å²) in [5, 5.41) is 6.00. The number of piperidine rings is 1. The van der Waals surface area contributed by atoms with Gasteiger partial charge in [-0.05, 0) is 43.6 Å². The highest BCUT2D eigenvalue weighted by atomic mass is 19.1. The number of carbonyl (C=O) groups is 1. The largest absolute Gasteiger partial charge is 0.368 e. The molecule has 19 heavy (non-hydrogen) atoms. The van der Waals surface area contributed by atoms with Gasteiger partial charge in [-0.25, -0.2) is 4.39 Å². The molecule has 2 N–H and O–H groups in total. The number of benzene rings is 1. The molecule has 0 saturated carbocycles. The van der Waals surface area contributed by atoms with Crippen molar-refractivity contribution in [2.24, 2.45) is 0 Å². The molecule has 2 rings (SSSR count). The Morgan fingerprint density at radius 2 is 2.00 bits per heavy atom. The van der Waals surface area contributed by atoms with Crippen LogP contribution in [0.15, 0.2) is 24.3 Å². The number of hydrogen-bond acceptors (Lipinski definition) is 3. The molecule has 1 aromatic carbocycles. The molecule has 0 unspecified atom stereocenters. The lowest BCUT2D eigenvalue weighted by Crippen LogP contribution is -2.35. The van der Waals surface area contributed by atoms with Crippen LogP contribution in [0.2, 0.25) is 0 Å². The number of carbonyl (C=O) groups excluding carboxylic acids is 1. The van der Waals surface area contributed by atoms with Gasteiger partial charge in [0, 0.05) is 6.54 Å². The van der Waals surface area contributed by atoms with Crippen LogP contribution in [-0.2, 0) is 16.1 Å². The first kappa shape index (κ1) is 14.0. The Kier molecular flexibility index (Phi) is 5.30. The van der Waals surface area contributed by atoms with E-state index in [-0.39, 0.29) is 24.4 Å². The molecule has 0 bridgehead atoms. The van der Waals surface area contributed by atoms with E-state index >= 15 is 0 Å². The minimum atomic E-state index is -0.274. The maximum atomic E-state index is 12.7. The van der Waals surface area contributed by atoms with Crippen LogP contribution >= 0.6 is 0 Å². The molecule has 1 heterocycles. The van der Waals surface area contributed by atoms with Gasteiger partial charge in [0.2, 0.25) is 5.91 Å². The van der Waals surface area contributed by atoms with Gasteiger partial charge in [-0.2, -0.15) is 0 Å². The van der Waals surface area contributed by atoms with Gasteiger partial charge in [0.1, 0.15) is 12.4 Å². The van der Waals surface area contributed by atoms with E-state index in [0.717, 1.165) is 31.5 Å². The number of nitrogens with one attached hydrogen (secondary N) is 2. The van der Waals surface area contributed by atoms with Crippen molar-refractivity contribution in [3.63, 3.8) is 0 Å². The molecule has 1 aliphatic rings. The third kappa shape index (κ3) is 4.96. The van der Waals surface area contributed by atoms with Gasteiger partial charge < -0.3 is 15.4 Å². The SMILES string of the molecule is O=C(COC1CCNCC1)NCc1ccc(F)cc1. The van der Waals surface area contributed by atoms with Crippen LogP contribution in [0, 0.1) is 5.82 Å². The first-order chi connectivity index (χ1) is 9.24. The Morgan fingerprint density at radius 3 is 2.68 bits per heavy atom. The average molecular weight is 266 g/mol. The third-order valence-corrected chi connectivity index (χ3v) is 3.14. The van der Waals surface area contributed by atoms with E-state index < -0.39 is 0 Å². The first-order valence-corrected chi connectivity index (χ1v) is 6.57. The predicted octanol–water partition coefficient (Wildman–Crippen LogP) is 1.21. The van der Waals surface area contributed by atoms with Crippen molar-refractivity contribution >= 4 is 5.91 Å². The maximum absolute atomic E-state index is 12.7. The lowest BCUT2D eigenvalue weighted by atomic mass is 10.1. The van der Waals surface area contributed by atoms with Crippen LogP contribution in [0.25, 0.3) is 0 Å². The van der Waals surface area contributed by atoms with Crippen LogP contribution in [0.5, 0.6) is 0 Å². The summed E-state index contributed by atoms with van der Waals surface area (Å²) in [6.07, 6.45) is 2.08. The van der Waals surface area contributed by atoms with Crippen LogP contribution in [0.1, 0.15) is 18.4 Å². The third-order valence-electron chi connectivity index (χ3n) is 3.14. The molecule has 0 atom stereocenters. The molecule has 1 saturated heterocycles. The topological polar surface area (TPSA) is 50.4 Å². The van der Waals surface area contributed by atoms with E-state index in [1.54, 1.807) is 12.1 Å². The normalized spacial score (nSPS) is 16.3.